The number of carbonyl (C=O) groups is 2. The van der Waals surface area contributed by atoms with Crippen molar-refractivity contribution in [1.82, 2.24) is 0 Å². The lowest BCUT2D eigenvalue weighted by Gasteiger charge is -2.16. The molecule has 0 spiro atoms. The van der Waals surface area contributed by atoms with Crippen LogP contribution in [0, 0.1) is 11.8 Å². The average molecular weight is 502 g/mol. The Bertz CT molecular complexity index is 705. The minimum atomic E-state index is -0.974. The van der Waals surface area contributed by atoms with Crippen LogP contribution in [0.2, 0.25) is 0 Å². The number of carbonyl (C=O) groups excluding carboxylic acids is 1. The molecule has 0 saturated heterocycles. The molecule has 2 fully saturated rings. The highest BCUT2D eigenvalue weighted by Gasteiger charge is 2.27. The lowest BCUT2D eigenvalue weighted by molar-refractivity contribution is -0.148. The van der Waals surface area contributed by atoms with Gasteiger partial charge in [0.15, 0.2) is 0 Å². The number of benzene rings is 1. The third-order valence-electron chi connectivity index (χ3n) is 7.27. The van der Waals surface area contributed by atoms with Crippen LogP contribution < -0.4 is 5.73 Å². The second kappa shape index (κ2) is 21.0. The first-order valence-corrected chi connectivity index (χ1v) is 14.2. The number of hydrogen-bond acceptors (Lipinski definition) is 4. The Morgan fingerprint density at radius 1 is 0.944 bits per heavy atom. The summed E-state index contributed by atoms with van der Waals surface area (Å²) in [6, 6.07) is 8.88. The molecule has 0 amide bonds. The van der Waals surface area contributed by atoms with Crippen molar-refractivity contribution >= 4 is 11.9 Å². The monoisotopic (exact) mass is 501 g/mol. The Labute approximate surface area is 219 Å². The first kappa shape index (κ1) is 31.9. The second-order valence-electron chi connectivity index (χ2n) is 10.0. The highest BCUT2D eigenvalue weighted by molar-refractivity contribution is 5.77. The van der Waals surface area contributed by atoms with Crippen molar-refractivity contribution in [3.8, 4) is 0 Å². The zero-order valence-electron chi connectivity index (χ0n) is 22.8. The second-order valence-corrected chi connectivity index (χ2v) is 10.0. The van der Waals surface area contributed by atoms with E-state index < -0.39 is 11.9 Å². The molecule has 2 saturated carbocycles. The number of ether oxygens (including phenoxy) is 1. The van der Waals surface area contributed by atoms with E-state index >= 15 is 0 Å². The maximum Gasteiger partial charge on any atom is 0.314 e. The zero-order valence-corrected chi connectivity index (χ0v) is 22.8. The van der Waals surface area contributed by atoms with Gasteiger partial charge < -0.3 is 15.6 Å². The van der Waals surface area contributed by atoms with Crippen molar-refractivity contribution < 1.29 is 19.4 Å². The van der Waals surface area contributed by atoms with Crippen molar-refractivity contribution in [3.63, 3.8) is 0 Å². The van der Waals surface area contributed by atoms with Crippen molar-refractivity contribution in [2.24, 2.45) is 17.6 Å². The van der Waals surface area contributed by atoms with Gasteiger partial charge in [-0.25, -0.2) is 0 Å². The van der Waals surface area contributed by atoms with Crippen LogP contribution in [0.4, 0.5) is 0 Å². The molecule has 3 atom stereocenters. The molecule has 1 aromatic rings. The Kier molecular flexibility index (Phi) is 18.6. The SMILES string of the molecule is C/C=C/CCCCCCCCCC(=O)OCC(C(=O)O)c1ccccc1.C1CC2CCC(C1)C2.CN. The van der Waals surface area contributed by atoms with E-state index in [2.05, 4.69) is 24.8 Å². The largest absolute Gasteiger partial charge is 0.481 e. The Morgan fingerprint density at radius 2 is 1.53 bits per heavy atom. The fraction of sp³-hybridized carbons (Fsp3) is 0.677. The van der Waals surface area contributed by atoms with Gasteiger partial charge in [-0.1, -0.05) is 107 Å². The van der Waals surface area contributed by atoms with Crippen molar-refractivity contribution in [3.05, 3.63) is 48.0 Å². The van der Waals surface area contributed by atoms with Crippen LogP contribution in [0.15, 0.2) is 42.5 Å². The molecule has 5 heteroatoms. The van der Waals surface area contributed by atoms with Gasteiger partial charge >= 0.3 is 11.9 Å². The molecule has 0 aromatic heterocycles. The maximum atomic E-state index is 11.8. The number of aliphatic carboxylic acids is 1. The van der Waals surface area contributed by atoms with Crippen molar-refractivity contribution in [2.45, 2.75) is 109 Å². The minimum Gasteiger partial charge on any atom is -0.481 e. The smallest absolute Gasteiger partial charge is 0.314 e. The topological polar surface area (TPSA) is 89.6 Å². The molecular formula is C31H51NO4. The highest BCUT2D eigenvalue weighted by atomic mass is 16.5. The third-order valence-corrected chi connectivity index (χ3v) is 7.27. The molecule has 5 nitrogen and oxygen atoms in total. The van der Waals surface area contributed by atoms with E-state index in [1.807, 2.05) is 6.07 Å². The maximum absolute atomic E-state index is 11.8. The van der Waals surface area contributed by atoms with E-state index in [1.165, 1.54) is 45.6 Å². The molecule has 36 heavy (non-hydrogen) atoms. The minimum absolute atomic E-state index is 0.107. The molecule has 2 bridgehead atoms. The van der Waals surface area contributed by atoms with E-state index in [0.29, 0.717) is 12.0 Å². The normalized spacial score (nSPS) is 19.0. The summed E-state index contributed by atoms with van der Waals surface area (Å²) in [7, 11) is 1.50. The molecule has 0 heterocycles. The van der Waals surface area contributed by atoms with Crippen LogP contribution in [0.5, 0.6) is 0 Å². The third kappa shape index (κ3) is 14.4. The summed E-state index contributed by atoms with van der Waals surface area (Å²) in [6.07, 6.45) is 23.1. The van der Waals surface area contributed by atoms with Crippen LogP contribution in [0.25, 0.3) is 0 Å². The zero-order chi connectivity index (χ0) is 26.4. The molecule has 0 aliphatic heterocycles. The van der Waals surface area contributed by atoms with Gasteiger partial charge in [0, 0.05) is 6.42 Å². The fourth-order valence-electron chi connectivity index (χ4n) is 5.22. The van der Waals surface area contributed by atoms with Crippen LogP contribution in [0.3, 0.4) is 0 Å². The molecule has 0 radical (unpaired) electrons. The highest BCUT2D eigenvalue weighted by Crippen LogP contribution is 2.41. The molecule has 2 aliphatic rings. The van der Waals surface area contributed by atoms with E-state index in [9.17, 15) is 14.7 Å². The van der Waals surface area contributed by atoms with Crippen molar-refractivity contribution in [2.75, 3.05) is 13.7 Å². The van der Waals surface area contributed by atoms with E-state index in [4.69, 9.17) is 4.74 Å². The number of nitrogens with two attached hydrogens (primary N) is 1. The Balaban J connectivity index is 0.000000531. The van der Waals surface area contributed by atoms with Gasteiger partial charge in [0.05, 0.1) is 0 Å². The van der Waals surface area contributed by atoms with Crippen molar-refractivity contribution in [1.29, 1.82) is 0 Å². The van der Waals surface area contributed by atoms with Gasteiger partial charge in [-0.2, -0.15) is 0 Å². The van der Waals surface area contributed by atoms with E-state index in [1.54, 1.807) is 56.4 Å². The average Bonchev–Trinajstić information content (AvgIpc) is 3.24. The van der Waals surface area contributed by atoms with Gasteiger partial charge in [0.2, 0.25) is 0 Å². The molecule has 1 aromatic carbocycles. The number of esters is 1. The van der Waals surface area contributed by atoms with E-state index in [-0.39, 0.29) is 12.6 Å². The molecule has 204 valence electrons. The van der Waals surface area contributed by atoms with Gasteiger partial charge in [-0.3, -0.25) is 9.59 Å². The summed E-state index contributed by atoms with van der Waals surface area (Å²) >= 11 is 0. The van der Waals surface area contributed by atoms with Gasteiger partial charge in [0.25, 0.3) is 0 Å². The molecule has 3 N–H and O–H groups in total. The summed E-state index contributed by atoms with van der Waals surface area (Å²) in [6.45, 7) is 1.94. The number of carboxylic acids is 1. The summed E-state index contributed by atoms with van der Waals surface area (Å²) in [4.78, 5) is 23.2. The summed E-state index contributed by atoms with van der Waals surface area (Å²) < 4.78 is 5.18. The van der Waals surface area contributed by atoms with Crippen LogP contribution in [0.1, 0.15) is 115 Å². The molecule has 3 unspecified atom stereocenters. The first-order chi connectivity index (χ1) is 17.6. The Morgan fingerprint density at radius 3 is 2.08 bits per heavy atom. The van der Waals surface area contributed by atoms with Gasteiger partial charge in [-0.15, -0.1) is 0 Å². The van der Waals surface area contributed by atoms with Crippen LogP contribution in [-0.2, 0) is 14.3 Å². The molecule has 3 rings (SSSR count). The summed E-state index contributed by atoms with van der Waals surface area (Å²) in [5.74, 6) is 0.238. The summed E-state index contributed by atoms with van der Waals surface area (Å²) in [5.41, 5.74) is 5.15. The summed E-state index contributed by atoms with van der Waals surface area (Å²) in [5, 5.41) is 9.31. The number of carboxylic acid groups (broad SMARTS) is 1. The predicted octanol–water partition coefficient (Wildman–Crippen LogP) is 7.65. The first-order valence-electron chi connectivity index (χ1n) is 14.2. The number of hydrogen-bond donors (Lipinski definition) is 2. The number of rotatable bonds is 14. The lowest BCUT2D eigenvalue weighted by Crippen LogP contribution is -2.20. The van der Waals surface area contributed by atoms with Crippen LogP contribution in [-0.4, -0.2) is 30.7 Å². The number of fused-ring (bicyclic) bond motifs is 2. The predicted molar refractivity (Wildman–Crippen MR) is 149 cm³/mol. The molecular weight excluding hydrogens is 450 g/mol. The van der Waals surface area contributed by atoms with E-state index in [0.717, 1.165) is 31.1 Å². The van der Waals surface area contributed by atoms with Gasteiger partial charge in [0.1, 0.15) is 12.5 Å². The molecule has 2 aliphatic carbocycles. The standard InChI is InChI=1S/C22H32O4.C8H14.CH5N/c1-2-3-4-5-6-7-8-9-10-14-17-21(23)26-18-20(22(24)25)19-15-12-11-13-16-19;1-2-7-4-5-8(3-1)6-7;1-2/h2-3,11-13,15-16,20H,4-10,14,17-18H2,1H3,(H,24,25);7-8H,1-6H2;2H2,1H3/b3-2+;;. The fourth-order valence-corrected chi connectivity index (χ4v) is 5.22. The number of allylic oxidation sites excluding steroid dienone is 2. The quantitative estimate of drug-likeness (QED) is 0.155. The lowest BCUT2D eigenvalue weighted by atomic mass is 9.89. The Hall–Kier alpha value is -2.14. The van der Waals surface area contributed by atoms with Crippen LogP contribution >= 0.6 is 0 Å². The number of unbranched alkanes of at least 4 members (excludes halogenated alkanes) is 7. The van der Waals surface area contributed by atoms with Gasteiger partial charge in [-0.05, 0) is 57.1 Å².